The lowest BCUT2D eigenvalue weighted by atomic mass is 9.91. The first-order valence-electron chi connectivity index (χ1n) is 5.90. The van der Waals surface area contributed by atoms with Gasteiger partial charge in [-0.3, -0.25) is 4.98 Å². The zero-order valence-corrected chi connectivity index (χ0v) is 11.1. The number of pyridine rings is 1. The van der Waals surface area contributed by atoms with Crippen LogP contribution in [0.25, 0.3) is 10.9 Å². The lowest BCUT2D eigenvalue weighted by Gasteiger charge is -2.22. The number of rotatable bonds is 1. The first-order chi connectivity index (χ1) is 7.79. The average Bonchev–Trinajstić information content (AvgIpc) is 2.13. The molecule has 0 spiro atoms. The van der Waals surface area contributed by atoms with Crippen molar-refractivity contribution < 1.29 is 5.11 Å². The maximum absolute atomic E-state index is 10.3. The summed E-state index contributed by atoms with van der Waals surface area (Å²) in [4.78, 5) is 4.56. The van der Waals surface area contributed by atoms with Gasteiger partial charge in [0.1, 0.15) is 0 Å². The molecular formula is C15H19NO. The molecular weight excluding hydrogens is 210 g/mol. The van der Waals surface area contributed by atoms with E-state index in [0.717, 1.165) is 22.2 Å². The zero-order valence-electron chi connectivity index (χ0n) is 11.1. The molecule has 1 aromatic heterocycles. The average molecular weight is 229 g/mol. The Kier molecular flexibility index (Phi) is 2.70. The van der Waals surface area contributed by atoms with Gasteiger partial charge in [-0.25, -0.2) is 0 Å². The van der Waals surface area contributed by atoms with Crippen LogP contribution in [-0.2, 0) is 5.60 Å². The van der Waals surface area contributed by atoms with Crippen LogP contribution in [0.5, 0.6) is 0 Å². The van der Waals surface area contributed by atoms with Crippen LogP contribution in [0, 0.1) is 20.8 Å². The molecule has 0 saturated carbocycles. The van der Waals surface area contributed by atoms with E-state index in [1.807, 2.05) is 26.8 Å². The first kappa shape index (κ1) is 12.1. The monoisotopic (exact) mass is 229 g/mol. The molecule has 0 amide bonds. The summed E-state index contributed by atoms with van der Waals surface area (Å²) in [6, 6.07) is 6.18. The van der Waals surface area contributed by atoms with Gasteiger partial charge in [0.2, 0.25) is 0 Å². The summed E-state index contributed by atoms with van der Waals surface area (Å²) in [5.74, 6) is 0. The predicted octanol–water partition coefficient (Wildman–Crippen LogP) is 3.39. The number of nitrogens with zero attached hydrogens (tertiary/aromatic N) is 1. The van der Waals surface area contributed by atoms with Gasteiger partial charge in [0.25, 0.3) is 0 Å². The Morgan fingerprint density at radius 1 is 1.06 bits per heavy atom. The molecule has 0 atom stereocenters. The van der Waals surface area contributed by atoms with Gasteiger partial charge in [-0.05, 0) is 63.4 Å². The molecule has 0 aliphatic heterocycles. The Morgan fingerprint density at radius 3 is 2.29 bits per heavy atom. The predicted molar refractivity (Wildman–Crippen MR) is 71.2 cm³/mol. The van der Waals surface area contributed by atoms with Crippen LogP contribution >= 0.6 is 0 Å². The molecule has 1 heterocycles. The Labute approximate surface area is 102 Å². The fraction of sp³-hybridized carbons (Fsp3) is 0.400. The summed E-state index contributed by atoms with van der Waals surface area (Å²) in [6.07, 6.45) is 0. The van der Waals surface area contributed by atoms with Crippen LogP contribution < -0.4 is 0 Å². The molecule has 0 fully saturated rings. The summed E-state index contributed by atoms with van der Waals surface area (Å²) < 4.78 is 0. The second-order valence-corrected chi connectivity index (χ2v) is 5.35. The molecule has 1 aromatic carbocycles. The Balaban J connectivity index is 2.93. The highest BCUT2D eigenvalue weighted by atomic mass is 16.3. The van der Waals surface area contributed by atoms with Crippen molar-refractivity contribution in [1.29, 1.82) is 0 Å². The lowest BCUT2D eigenvalue weighted by molar-refractivity contribution is 0.0800. The molecule has 2 nitrogen and oxygen atoms in total. The minimum atomic E-state index is -0.841. The van der Waals surface area contributed by atoms with Crippen LogP contribution in [0.2, 0.25) is 0 Å². The number of hydrogen-bond donors (Lipinski definition) is 1. The molecule has 2 rings (SSSR count). The number of hydrogen-bond acceptors (Lipinski definition) is 2. The summed E-state index contributed by atoms with van der Waals surface area (Å²) in [6.45, 7) is 9.75. The van der Waals surface area contributed by atoms with Crippen LogP contribution in [0.4, 0.5) is 0 Å². The van der Waals surface area contributed by atoms with E-state index in [2.05, 4.69) is 31.0 Å². The molecule has 0 aliphatic rings. The maximum atomic E-state index is 10.3. The van der Waals surface area contributed by atoms with Gasteiger partial charge in [-0.15, -0.1) is 0 Å². The van der Waals surface area contributed by atoms with Gasteiger partial charge in [0.15, 0.2) is 0 Å². The van der Waals surface area contributed by atoms with Crippen molar-refractivity contribution >= 4 is 10.9 Å². The number of aromatic nitrogens is 1. The third kappa shape index (κ3) is 2.18. The standard InChI is InChI=1S/C15H19NO/c1-9-6-10(2)14-12(15(4,5)17)8-11(3)16-13(14)7-9/h6-8,17H,1-5H3. The van der Waals surface area contributed by atoms with Crippen LogP contribution in [0.15, 0.2) is 18.2 Å². The van der Waals surface area contributed by atoms with E-state index < -0.39 is 5.60 Å². The molecule has 0 bridgehead atoms. The maximum Gasteiger partial charge on any atom is 0.0847 e. The molecule has 0 radical (unpaired) electrons. The van der Waals surface area contributed by atoms with Crippen LogP contribution in [0.1, 0.15) is 36.2 Å². The highest BCUT2D eigenvalue weighted by Crippen LogP contribution is 2.31. The zero-order chi connectivity index (χ0) is 12.8. The summed E-state index contributed by atoms with van der Waals surface area (Å²) in [5.41, 5.74) is 4.41. The van der Waals surface area contributed by atoms with Gasteiger partial charge >= 0.3 is 0 Å². The molecule has 0 unspecified atom stereocenters. The van der Waals surface area contributed by atoms with Crippen molar-refractivity contribution in [2.75, 3.05) is 0 Å². The molecule has 0 aliphatic carbocycles. The Bertz CT molecular complexity index is 574. The number of benzene rings is 1. The molecule has 90 valence electrons. The summed E-state index contributed by atoms with van der Waals surface area (Å²) >= 11 is 0. The van der Waals surface area contributed by atoms with Crippen molar-refractivity contribution in [2.45, 2.75) is 40.2 Å². The lowest BCUT2D eigenvalue weighted by Crippen LogP contribution is -2.17. The smallest absolute Gasteiger partial charge is 0.0847 e. The Morgan fingerprint density at radius 2 is 1.71 bits per heavy atom. The Hall–Kier alpha value is -1.41. The van der Waals surface area contributed by atoms with E-state index in [4.69, 9.17) is 0 Å². The second kappa shape index (κ2) is 3.81. The van der Waals surface area contributed by atoms with Crippen molar-refractivity contribution in [3.63, 3.8) is 0 Å². The molecule has 17 heavy (non-hydrogen) atoms. The van der Waals surface area contributed by atoms with Crippen molar-refractivity contribution in [3.8, 4) is 0 Å². The van der Waals surface area contributed by atoms with Crippen LogP contribution in [0.3, 0.4) is 0 Å². The van der Waals surface area contributed by atoms with Crippen molar-refractivity contribution in [1.82, 2.24) is 4.98 Å². The van der Waals surface area contributed by atoms with Gasteiger partial charge in [-0.2, -0.15) is 0 Å². The highest BCUT2D eigenvalue weighted by Gasteiger charge is 2.21. The number of fused-ring (bicyclic) bond motifs is 1. The first-order valence-corrected chi connectivity index (χ1v) is 5.90. The topological polar surface area (TPSA) is 33.1 Å². The highest BCUT2D eigenvalue weighted by molar-refractivity contribution is 5.87. The third-order valence-electron chi connectivity index (χ3n) is 3.04. The van der Waals surface area contributed by atoms with E-state index in [0.29, 0.717) is 0 Å². The molecule has 2 aromatic rings. The normalized spacial score (nSPS) is 12.1. The van der Waals surface area contributed by atoms with E-state index >= 15 is 0 Å². The van der Waals surface area contributed by atoms with Crippen molar-refractivity contribution in [3.05, 3.63) is 40.6 Å². The van der Waals surface area contributed by atoms with E-state index in [9.17, 15) is 5.11 Å². The minimum absolute atomic E-state index is 0.841. The van der Waals surface area contributed by atoms with E-state index in [-0.39, 0.29) is 0 Å². The largest absolute Gasteiger partial charge is 0.386 e. The van der Waals surface area contributed by atoms with Gasteiger partial charge < -0.3 is 5.11 Å². The minimum Gasteiger partial charge on any atom is -0.386 e. The fourth-order valence-corrected chi connectivity index (χ4v) is 2.37. The van der Waals surface area contributed by atoms with Gasteiger partial charge in [0.05, 0.1) is 11.1 Å². The number of aryl methyl sites for hydroxylation is 3. The van der Waals surface area contributed by atoms with Gasteiger partial charge in [-0.1, -0.05) is 6.07 Å². The number of aliphatic hydroxyl groups is 1. The summed E-state index contributed by atoms with van der Waals surface area (Å²) in [5, 5.41) is 11.4. The molecule has 2 heteroatoms. The molecule has 0 saturated heterocycles. The quantitative estimate of drug-likeness (QED) is 0.813. The summed E-state index contributed by atoms with van der Waals surface area (Å²) in [7, 11) is 0. The fourth-order valence-electron chi connectivity index (χ4n) is 2.37. The van der Waals surface area contributed by atoms with E-state index in [1.165, 1.54) is 11.1 Å². The van der Waals surface area contributed by atoms with Gasteiger partial charge in [0, 0.05) is 11.1 Å². The third-order valence-corrected chi connectivity index (χ3v) is 3.04. The molecule has 1 N–H and O–H groups in total. The van der Waals surface area contributed by atoms with Crippen LogP contribution in [-0.4, -0.2) is 10.1 Å². The van der Waals surface area contributed by atoms with E-state index in [1.54, 1.807) is 0 Å². The van der Waals surface area contributed by atoms with Crippen molar-refractivity contribution in [2.24, 2.45) is 0 Å². The second-order valence-electron chi connectivity index (χ2n) is 5.35. The SMILES string of the molecule is Cc1cc(C)c2c(C(C)(C)O)cc(C)nc2c1.